The lowest BCUT2D eigenvalue weighted by molar-refractivity contribution is 0.0228. The number of carbonyl (C=O) groups excluding carboxylic acids is 1. The standard InChI is InChI=1S/C27H38FN7O3/c1-6-19-12-21(26-31-32-33-34(26)5)15-23(13-19)30-27(38)29-17(3)25(37)16-35(7-2)18(4)24(36)14-20-8-10-22(28)11-9-20/h8-13,15,17-18,24-25,36-37H,6-7,14,16H2,1-5H3,(H2,29,30,38)/t17-,18+,24-,25+/m1/s1. The van der Waals surface area contributed by atoms with Crippen molar-refractivity contribution in [2.75, 3.05) is 18.4 Å². The zero-order chi connectivity index (χ0) is 27.8. The topological polar surface area (TPSA) is 128 Å². The third kappa shape index (κ3) is 7.80. The molecule has 3 aromatic rings. The Morgan fingerprint density at radius 2 is 1.79 bits per heavy atom. The number of benzene rings is 2. The maximum atomic E-state index is 13.2. The van der Waals surface area contributed by atoms with E-state index in [1.165, 1.54) is 12.1 Å². The van der Waals surface area contributed by atoms with E-state index < -0.39 is 24.3 Å². The Labute approximate surface area is 222 Å². The first-order valence-electron chi connectivity index (χ1n) is 12.9. The van der Waals surface area contributed by atoms with Crippen LogP contribution in [0.25, 0.3) is 11.4 Å². The van der Waals surface area contributed by atoms with Gasteiger partial charge in [0, 0.05) is 30.9 Å². The van der Waals surface area contributed by atoms with E-state index in [2.05, 4.69) is 26.2 Å². The van der Waals surface area contributed by atoms with Gasteiger partial charge in [0.2, 0.25) is 0 Å². The number of aliphatic hydroxyl groups is 2. The molecule has 0 aliphatic heterocycles. The second kappa shape index (κ2) is 13.4. The molecule has 2 amide bonds. The minimum absolute atomic E-state index is 0.258. The van der Waals surface area contributed by atoms with Crippen LogP contribution in [0, 0.1) is 5.82 Å². The lowest BCUT2D eigenvalue weighted by Gasteiger charge is -2.34. The number of hydrogen-bond acceptors (Lipinski definition) is 7. The fourth-order valence-electron chi connectivity index (χ4n) is 4.30. The van der Waals surface area contributed by atoms with Gasteiger partial charge in [-0.3, -0.25) is 4.90 Å². The second-order valence-electron chi connectivity index (χ2n) is 9.58. The molecule has 0 saturated carbocycles. The molecule has 4 N–H and O–H groups in total. The molecule has 38 heavy (non-hydrogen) atoms. The van der Waals surface area contributed by atoms with Crippen LogP contribution in [-0.4, -0.2) is 78.7 Å². The van der Waals surface area contributed by atoms with E-state index in [9.17, 15) is 19.4 Å². The van der Waals surface area contributed by atoms with Crippen molar-refractivity contribution >= 4 is 11.7 Å². The Balaban J connectivity index is 1.57. The number of nitrogens with one attached hydrogen (secondary N) is 2. The SMILES string of the molecule is CCc1cc(NC(=O)N[C@H](C)[C@@H](O)CN(CC)[C@@H](C)[C@H](O)Cc2ccc(F)cc2)cc(-c2nnnn2C)c1. The predicted octanol–water partition coefficient (Wildman–Crippen LogP) is 2.76. The second-order valence-corrected chi connectivity index (χ2v) is 9.58. The minimum Gasteiger partial charge on any atom is -0.391 e. The number of tetrazole rings is 1. The third-order valence-corrected chi connectivity index (χ3v) is 6.79. The van der Waals surface area contributed by atoms with Crippen molar-refractivity contribution < 1.29 is 19.4 Å². The zero-order valence-corrected chi connectivity index (χ0v) is 22.6. The smallest absolute Gasteiger partial charge is 0.319 e. The summed E-state index contributed by atoms with van der Waals surface area (Å²) >= 11 is 0. The Bertz CT molecular complexity index is 1190. The summed E-state index contributed by atoms with van der Waals surface area (Å²) in [5.41, 5.74) is 3.22. The molecule has 0 bridgehead atoms. The Hall–Kier alpha value is -3.41. The molecule has 0 aliphatic carbocycles. The Morgan fingerprint density at radius 3 is 2.39 bits per heavy atom. The summed E-state index contributed by atoms with van der Waals surface area (Å²) in [5.74, 6) is 0.268. The average molecular weight is 528 g/mol. The molecular weight excluding hydrogens is 489 g/mol. The molecular formula is C27H38FN7O3. The molecule has 2 aromatic carbocycles. The molecule has 10 nitrogen and oxygen atoms in total. The van der Waals surface area contributed by atoms with Crippen molar-refractivity contribution in [2.45, 2.75) is 64.8 Å². The van der Waals surface area contributed by atoms with Gasteiger partial charge in [0.1, 0.15) is 5.82 Å². The fourth-order valence-corrected chi connectivity index (χ4v) is 4.30. The molecule has 0 spiro atoms. The monoisotopic (exact) mass is 527 g/mol. The number of anilines is 1. The molecule has 0 aliphatic rings. The number of urea groups is 1. The van der Waals surface area contributed by atoms with Gasteiger partial charge in [0.05, 0.1) is 18.2 Å². The Kier molecular flexibility index (Phi) is 10.3. The maximum Gasteiger partial charge on any atom is 0.319 e. The van der Waals surface area contributed by atoms with Gasteiger partial charge in [-0.25, -0.2) is 13.9 Å². The summed E-state index contributed by atoms with van der Waals surface area (Å²) in [5, 5.41) is 38.8. The first kappa shape index (κ1) is 29.2. The molecule has 1 aromatic heterocycles. The maximum absolute atomic E-state index is 13.2. The van der Waals surface area contributed by atoms with Gasteiger partial charge < -0.3 is 20.8 Å². The van der Waals surface area contributed by atoms with Crippen LogP contribution in [0.2, 0.25) is 0 Å². The lowest BCUT2D eigenvalue weighted by Crippen LogP contribution is -2.51. The summed E-state index contributed by atoms with van der Waals surface area (Å²) in [7, 11) is 1.75. The lowest BCUT2D eigenvalue weighted by atomic mass is 10.0. The van der Waals surface area contributed by atoms with Gasteiger partial charge in [-0.2, -0.15) is 0 Å². The Morgan fingerprint density at radius 1 is 1.08 bits per heavy atom. The van der Waals surface area contributed by atoms with Crippen LogP contribution in [-0.2, 0) is 19.9 Å². The average Bonchev–Trinajstić information content (AvgIpc) is 3.33. The number of aliphatic hydroxyl groups excluding tert-OH is 2. The molecule has 4 atom stereocenters. The number of aromatic nitrogens is 4. The van der Waals surface area contributed by atoms with E-state index in [0.717, 1.165) is 23.1 Å². The van der Waals surface area contributed by atoms with Gasteiger partial charge in [0.15, 0.2) is 5.82 Å². The number of halogens is 1. The van der Waals surface area contributed by atoms with Crippen LogP contribution < -0.4 is 10.6 Å². The van der Waals surface area contributed by atoms with Crippen LogP contribution in [0.3, 0.4) is 0 Å². The first-order valence-corrected chi connectivity index (χ1v) is 12.9. The summed E-state index contributed by atoms with van der Waals surface area (Å²) in [4.78, 5) is 14.7. The number of hydrogen-bond donors (Lipinski definition) is 4. The van der Waals surface area contributed by atoms with E-state index >= 15 is 0 Å². The molecule has 206 valence electrons. The van der Waals surface area contributed by atoms with Gasteiger partial charge in [0.25, 0.3) is 0 Å². The van der Waals surface area contributed by atoms with Crippen LogP contribution in [0.15, 0.2) is 42.5 Å². The van der Waals surface area contributed by atoms with Crippen molar-refractivity contribution in [1.82, 2.24) is 30.4 Å². The van der Waals surface area contributed by atoms with Crippen molar-refractivity contribution in [2.24, 2.45) is 7.05 Å². The molecule has 1 heterocycles. The van der Waals surface area contributed by atoms with Crippen molar-refractivity contribution in [3.63, 3.8) is 0 Å². The van der Waals surface area contributed by atoms with E-state index in [0.29, 0.717) is 24.5 Å². The quantitative estimate of drug-likeness (QED) is 0.285. The van der Waals surface area contributed by atoms with Crippen molar-refractivity contribution in [1.29, 1.82) is 0 Å². The number of likely N-dealkylation sites (N-methyl/N-ethyl adjacent to an activating group) is 1. The highest BCUT2D eigenvalue weighted by molar-refractivity contribution is 5.90. The molecule has 0 fully saturated rings. The summed E-state index contributed by atoms with van der Waals surface area (Å²) in [6, 6.07) is 10.5. The molecule has 0 radical (unpaired) electrons. The molecule has 0 saturated heterocycles. The highest BCUT2D eigenvalue weighted by Crippen LogP contribution is 2.23. The number of aryl methyl sites for hydroxylation is 2. The number of amides is 2. The van der Waals surface area contributed by atoms with Crippen LogP contribution in [0.4, 0.5) is 14.9 Å². The summed E-state index contributed by atoms with van der Waals surface area (Å²) in [6.45, 7) is 8.45. The minimum atomic E-state index is -0.872. The molecule has 11 heteroatoms. The van der Waals surface area contributed by atoms with E-state index in [1.54, 1.807) is 36.9 Å². The van der Waals surface area contributed by atoms with Gasteiger partial charge in [-0.15, -0.1) is 5.10 Å². The van der Waals surface area contributed by atoms with Crippen LogP contribution >= 0.6 is 0 Å². The van der Waals surface area contributed by atoms with E-state index in [1.807, 2.05) is 37.8 Å². The zero-order valence-electron chi connectivity index (χ0n) is 22.6. The van der Waals surface area contributed by atoms with Gasteiger partial charge >= 0.3 is 6.03 Å². The summed E-state index contributed by atoms with van der Waals surface area (Å²) < 4.78 is 14.7. The molecule has 3 rings (SSSR count). The number of rotatable bonds is 12. The van der Waals surface area contributed by atoms with Crippen molar-refractivity contribution in [3.05, 3.63) is 59.4 Å². The van der Waals surface area contributed by atoms with Gasteiger partial charge in [-0.1, -0.05) is 26.0 Å². The van der Waals surface area contributed by atoms with Crippen LogP contribution in [0.5, 0.6) is 0 Å². The third-order valence-electron chi connectivity index (χ3n) is 6.79. The molecule has 0 unspecified atom stereocenters. The highest BCUT2D eigenvalue weighted by atomic mass is 19.1. The van der Waals surface area contributed by atoms with Crippen LogP contribution in [0.1, 0.15) is 38.8 Å². The number of nitrogens with zero attached hydrogens (tertiary/aromatic N) is 5. The van der Waals surface area contributed by atoms with E-state index in [-0.39, 0.29) is 18.4 Å². The first-order chi connectivity index (χ1) is 18.1. The predicted molar refractivity (Wildman–Crippen MR) is 144 cm³/mol. The summed E-state index contributed by atoms with van der Waals surface area (Å²) in [6.07, 6.45) is -0.442. The largest absolute Gasteiger partial charge is 0.391 e. The van der Waals surface area contributed by atoms with Gasteiger partial charge in [-0.05, 0) is 85.1 Å². The van der Waals surface area contributed by atoms with E-state index in [4.69, 9.17) is 0 Å². The van der Waals surface area contributed by atoms with Crippen molar-refractivity contribution in [3.8, 4) is 11.4 Å². The number of carbonyl (C=O) groups is 1. The normalized spacial score (nSPS) is 14.7. The fraction of sp³-hybridized carbons (Fsp3) is 0.481. The highest BCUT2D eigenvalue weighted by Gasteiger charge is 2.26.